The molecule has 0 atom stereocenters. The average Bonchev–Trinajstić information content (AvgIpc) is 3.07. The molecule has 4 rings (SSSR count). The number of sulfonamides is 1. The van der Waals surface area contributed by atoms with Crippen LogP contribution in [0.15, 0.2) is 54.6 Å². The smallest absolute Gasteiger partial charge is 0.253 e. The van der Waals surface area contributed by atoms with Crippen LogP contribution in [0.3, 0.4) is 0 Å². The van der Waals surface area contributed by atoms with Crippen molar-refractivity contribution in [3.8, 4) is 0 Å². The number of nitrogens with zero attached hydrogens (tertiary/aromatic N) is 2. The van der Waals surface area contributed by atoms with Crippen LogP contribution in [0.1, 0.15) is 41.1 Å². The maximum absolute atomic E-state index is 12.8. The van der Waals surface area contributed by atoms with Crippen LogP contribution >= 0.6 is 0 Å². The highest BCUT2D eigenvalue weighted by Gasteiger charge is 2.29. The van der Waals surface area contributed by atoms with Crippen molar-refractivity contribution in [3.63, 3.8) is 0 Å². The van der Waals surface area contributed by atoms with Gasteiger partial charge in [0, 0.05) is 25.2 Å². The highest BCUT2D eigenvalue weighted by Crippen LogP contribution is 2.29. The number of amides is 1. The summed E-state index contributed by atoms with van der Waals surface area (Å²) in [6.45, 7) is 2.02. The summed E-state index contributed by atoms with van der Waals surface area (Å²) in [4.78, 5) is 14.7. The molecule has 0 bridgehead atoms. The van der Waals surface area contributed by atoms with Crippen LogP contribution in [0.2, 0.25) is 0 Å². The molecule has 0 unspecified atom stereocenters. The van der Waals surface area contributed by atoms with E-state index in [2.05, 4.69) is 24.3 Å². The molecule has 0 radical (unpaired) electrons. The average molecular weight is 385 g/mol. The quantitative estimate of drug-likeness (QED) is 0.816. The van der Waals surface area contributed by atoms with E-state index in [0.29, 0.717) is 30.1 Å². The molecule has 0 aliphatic carbocycles. The molecule has 2 aromatic carbocycles. The summed E-state index contributed by atoms with van der Waals surface area (Å²) in [5, 5.41) is 0. The fourth-order valence-corrected chi connectivity index (χ4v) is 5.59. The third-order valence-electron chi connectivity index (χ3n) is 5.55. The van der Waals surface area contributed by atoms with Gasteiger partial charge < -0.3 is 4.90 Å². The lowest BCUT2D eigenvalue weighted by Gasteiger charge is -2.32. The topological polar surface area (TPSA) is 57.7 Å². The molecule has 2 aromatic rings. The lowest BCUT2D eigenvalue weighted by atomic mass is 9.89. The predicted molar refractivity (Wildman–Crippen MR) is 107 cm³/mol. The Morgan fingerprint density at radius 1 is 0.889 bits per heavy atom. The number of carbonyl (C=O) groups is 1. The first kappa shape index (κ1) is 18.0. The minimum atomic E-state index is -3.19. The van der Waals surface area contributed by atoms with Gasteiger partial charge in [-0.2, -0.15) is 0 Å². The van der Waals surface area contributed by atoms with E-state index < -0.39 is 10.0 Å². The van der Waals surface area contributed by atoms with E-state index >= 15 is 0 Å². The van der Waals surface area contributed by atoms with Crippen molar-refractivity contribution in [3.05, 3.63) is 65.7 Å². The van der Waals surface area contributed by atoms with E-state index in [1.54, 1.807) is 24.3 Å². The molecule has 2 aliphatic heterocycles. The van der Waals surface area contributed by atoms with Gasteiger partial charge in [0.15, 0.2) is 0 Å². The zero-order valence-electron chi connectivity index (χ0n) is 15.3. The summed E-state index contributed by atoms with van der Waals surface area (Å²) in [5.41, 5.74) is 2.61. The Morgan fingerprint density at radius 3 is 2.15 bits per heavy atom. The Bertz CT molecular complexity index is 902. The Balaban J connectivity index is 1.40. The van der Waals surface area contributed by atoms with Crippen molar-refractivity contribution >= 4 is 21.6 Å². The molecule has 2 aliphatic rings. The van der Waals surface area contributed by atoms with E-state index in [4.69, 9.17) is 0 Å². The molecular formula is C21H24N2O3S. The van der Waals surface area contributed by atoms with E-state index in [0.717, 1.165) is 25.9 Å². The first-order valence-corrected chi connectivity index (χ1v) is 11.1. The molecule has 142 valence electrons. The summed E-state index contributed by atoms with van der Waals surface area (Å²) < 4.78 is 25.5. The Hall–Kier alpha value is -2.34. The predicted octanol–water partition coefficient (Wildman–Crippen LogP) is 3.25. The summed E-state index contributed by atoms with van der Waals surface area (Å²) >= 11 is 0. The minimum absolute atomic E-state index is 0.0253. The van der Waals surface area contributed by atoms with E-state index in [1.807, 2.05) is 11.0 Å². The van der Waals surface area contributed by atoms with E-state index in [1.165, 1.54) is 9.87 Å². The Morgan fingerprint density at radius 2 is 1.56 bits per heavy atom. The molecule has 2 saturated heterocycles. The summed E-state index contributed by atoms with van der Waals surface area (Å²) in [7, 11) is -3.19. The lowest BCUT2D eigenvalue weighted by molar-refractivity contribution is 0.0713. The van der Waals surface area contributed by atoms with Gasteiger partial charge in [-0.05, 0) is 55.0 Å². The number of piperidine rings is 1. The monoisotopic (exact) mass is 384 g/mol. The van der Waals surface area contributed by atoms with Crippen LogP contribution < -0.4 is 4.31 Å². The highest BCUT2D eigenvalue weighted by molar-refractivity contribution is 7.93. The van der Waals surface area contributed by atoms with Crippen molar-refractivity contribution in [1.82, 2.24) is 4.90 Å². The molecule has 27 heavy (non-hydrogen) atoms. The van der Waals surface area contributed by atoms with Crippen LogP contribution in [0, 0.1) is 0 Å². The van der Waals surface area contributed by atoms with Crippen molar-refractivity contribution in [2.75, 3.05) is 29.7 Å². The van der Waals surface area contributed by atoms with Crippen LogP contribution in [0.4, 0.5) is 5.69 Å². The Kier molecular flexibility index (Phi) is 4.91. The van der Waals surface area contributed by atoms with Gasteiger partial charge in [0.1, 0.15) is 0 Å². The molecule has 0 spiro atoms. The number of carbonyl (C=O) groups excluding carboxylic acids is 1. The van der Waals surface area contributed by atoms with Crippen molar-refractivity contribution in [2.45, 2.75) is 25.2 Å². The highest BCUT2D eigenvalue weighted by atomic mass is 32.2. The maximum atomic E-state index is 12.8. The SMILES string of the molecule is O=C(c1ccc(N2CCCS2(=O)=O)cc1)N1CCC(c2ccccc2)CC1. The fraction of sp³-hybridized carbons (Fsp3) is 0.381. The normalized spacial score (nSPS) is 20.0. The molecule has 0 saturated carbocycles. The van der Waals surface area contributed by atoms with Gasteiger partial charge in [0.2, 0.25) is 10.0 Å². The third kappa shape index (κ3) is 3.72. The van der Waals surface area contributed by atoms with Crippen LogP contribution in [0.5, 0.6) is 0 Å². The first-order chi connectivity index (χ1) is 13.0. The number of likely N-dealkylation sites (tertiary alicyclic amines) is 1. The van der Waals surface area contributed by atoms with Crippen molar-refractivity contribution < 1.29 is 13.2 Å². The van der Waals surface area contributed by atoms with Gasteiger partial charge in [0.25, 0.3) is 5.91 Å². The molecule has 0 N–H and O–H groups in total. The third-order valence-corrected chi connectivity index (χ3v) is 7.42. The largest absolute Gasteiger partial charge is 0.339 e. The molecule has 1 amide bonds. The molecule has 2 fully saturated rings. The Labute approximate surface area is 160 Å². The van der Waals surface area contributed by atoms with Crippen LogP contribution in [-0.2, 0) is 10.0 Å². The molecular weight excluding hydrogens is 360 g/mol. The van der Waals surface area contributed by atoms with E-state index in [-0.39, 0.29) is 11.7 Å². The fourth-order valence-electron chi connectivity index (χ4n) is 4.02. The number of anilines is 1. The van der Waals surface area contributed by atoms with Crippen molar-refractivity contribution in [2.24, 2.45) is 0 Å². The van der Waals surface area contributed by atoms with Crippen LogP contribution in [0.25, 0.3) is 0 Å². The summed E-state index contributed by atoms with van der Waals surface area (Å²) in [6.07, 6.45) is 2.60. The van der Waals surface area contributed by atoms with Gasteiger partial charge in [0.05, 0.1) is 11.4 Å². The van der Waals surface area contributed by atoms with Gasteiger partial charge in [-0.1, -0.05) is 30.3 Å². The molecule has 5 nitrogen and oxygen atoms in total. The first-order valence-electron chi connectivity index (χ1n) is 9.49. The number of hydrogen-bond acceptors (Lipinski definition) is 3. The second kappa shape index (κ2) is 7.35. The van der Waals surface area contributed by atoms with Crippen molar-refractivity contribution in [1.29, 1.82) is 0 Å². The zero-order chi connectivity index (χ0) is 18.9. The second-order valence-corrected chi connectivity index (χ2v) is 9.28. The lowest BCUT2D eigenvalue weighted by Crippen LogP contribution is -2.37. The van der Waals surface area contributed by atoms with Gasteiger partial charge in [-0.15, -0.1) is 0 Å². The molecule has 0 aromatic heterocycles. The molecule has 6 heteroatoms. The molecule has 2 heterocycles. The number of rotatable bonds is 3. The van der Waals surface area contributed by atoms with Gasteiger partial charge in [-0.25, -0.2) is 8.42 Å². The number of hydrogen-bond donors (Lipinski definition) is 0. The van der Waals surface area contributed by atoms with Gasteiger partial charge >= 0.3 is 0 Å². The maximum Gasteiger partial charge on any atom is 0.253 e. The van der Waals surface area contributed by atoms with E-state index in [9.17, 15) is 13.2 Å². The van der Waals surface area contributed by atoms with Crippen LogP contribution in [-0.4, -0.2) is 44.6 Å². The summed E-state index contributed by atoms with van der Waals surface area (Å²) in [5.74, 6) is 0.736. The number of benzene rings is 2. The van der Waals surface area contributed by atoms with Gasteiger partial charge in [-0.3, -0.25) is 9.10 Å². The minimum Gasteiger partial charge on any atom is -0.339 e. The zero-order valence-corrected chi connectivity index (χ0v) is 16.1. The standard InChI is InChI=1S/C21H24N2O3S/c24-21(22-14-11-18(12-15-22)17-5-2-1-3-6-17)19-7-9-20(10-8-19)23-13-4-16-27(23,25)26/h1-3,5-10,18H,4,11-16H2. The summed E-state index contributed by atoms with van der Waals surface area (Å²) in [6, 6.07) is 17.5. The second-order valence-electron chi connectivity index (χ2n) is 7.27.